The molecule has 4 heteroatoms. The number of carbonyl (C=O) groups is 1. The fourth-order valence-corrected chi connectivity index (χ4v) is 2.32. The van der Waals surface area contributed by atoms with Gasteiger partial charge >= 0.3 is 0 Å². The van der Waals surface area contributed by atoms with Gasteiger partial charge in [0.1, 0.15) is 11.3 Å². The van der Waals surface area contributed by atoms with Crippen LogP contribution in [0.1, 0.15) is 32.6 Å². The minimum atomic E-state index is -0.789. The standard InChI is InChI=1S/C10H15N3O/c1-3-5-9-6-4-7-10(9,8(2)14)12-13-11/h3,9H,1,4-7H2,2H3/t9-,10+/m0/s1. The lowest BCUT2D eigenvalue weighted by Gasteiger charge is -2.26. The topological polar surface area (TPSA) is 65.8 Å². The third-order valence-electron chi connectivity index (χ3n) is 3.07. The minimum absolute atomic E-state index is 0.0142. The summed E-state index contributed by atoms with van der Waals surface area (Å²) in [5.74, 6) is 0.132. The van der Waals surface area contributed by atoms with E-state index >= 15 is 0 Å². The van der Waals surface area contributed by atoms with Gasteiger partial charge in [-0.15, -0.1) is 6.58 Å². The fraction of sp³-hybridized carbons (Fsp3) is 0.700. The molecule has 0 spiro atoms. The van der Waals surface area contributed by atoms with E-state index in [1.54, 1.807) is 6.08 Å². The molecule has 1 aliphatic carbocycles. The predicted molar refractivity (Wildman–Crippen MR) is 54.7 cm³/mol. The van der Waals surface area contributed by atoms with Crippen LogP contribution < -0.4 is 0 Å². The van der Waals surface area contributed by atoms with Crippen molar-refractivity contribution in [3.63, 3.8) is 0 Å². The van der Waals surface area contributed by atoms with Crippen LogP contribution in [-0.4, -0.2) is 11.3 Å². The van der Waals surface area contributed by atoms with E-state index in [4.69, 9.17) is 5.53 Å². The molecule has 14 heavy (non-hydrogen) atoms. The highest BCUT2D eigenvalue weighted by Gasteiger charge is 2.45. The van der Waals surface area contributed by atoms with E-state index in [-0.39, 0.29) is 11.7 Å². The van der Waals surface area contributed by atoms with Gasteiger partial charge in [-0.3, -0.25) is 4.79 Å². The van der Waals surface area contributed by atoms with Crippen LogP contribution in [-0.2, 0) is 4.79 Å². The molecule has 2 atom stereocenters. The largest absolute Gasteiger partial charge is 0.299 e. The Hall–Kier alpha value is -1.28. The molecule has 0 saturated heterocycles. The first-order valence-corrected chi connectivity index (χ1v) is 4.85. The van der Waals surface area contributed by atoms with Crippen molar-refractivity contribution in [2.24, 2.45) is 11.0 Å². The number of rotatable bonds is 4. The van der Waals surface area contributed by atoms with Crippen LogP contribution in [0, 0.1) is 5.92 Å². The van der Waals surface area contributed by atoms with E-state index in [9.17, 15) is 4.79 Å². The van der Waals surface area contributed by atoms with Crippen LogP contribution in [0.15, 0.2) is 17.8 Å². The molecule has 1 fully saturated rings. The number of hydrogen-bond acceptors (Lipinski definition) is 2. The number of carbonyl (C=O) groups excluding carboxylic acids is 1. The molecule has 0 aliphatic heterocycles. The molecule has 0 N–H and O–H groups in total. The quantitative estimate of drug-likeness (QED) is 0.293. The zero-order valence-electron chi connectivity index (χ0n) is 8.44. The highest BCUT2D eigenvalue weighted by atomic mass is 16.1. The van der Waals surface area contributed by atoms with Crippen LogP contribution in [0.3, 0.4) is 0 Å². The van der Waals surface area contributed by atoms with Crippen molar-refractivity contribution in [3.8, 4) is 0 Å². The van der Waals surface area contributed by atoms with Crippen molar-refractivity contribution >= 4 is 5.78 Å². The summed E-state index contributed by atoms with van der Waals surface area (Å²) in [6.45, 7) is 5.17. The molecule has 1 aliphatic rings. The van der Waals surface area contributed by atoms with E-state index in [1.165, 1.54) is 6.92 Å². The first-order valence-electron chi connectivity index (χ1n) is 4.85. The van der Waals surface area contributed by atoms with Crippen molar-refractivity contribution in [2.45, 2.75) is 38.1 Å². The predicted octanol–water partition coefficient (Wildman–Crippen LogP) is 3.00. The average molecular weight is 193 g/mol. The lowest BCUT2D eigenvalue weighted by molar-refractivity contribution is -0.123. The van der Waals surface area contributed by atoms with Crippen LogP contribution in [0.4, 0.5) is 0 Å². The molecule has 1 rings (SSSR count). The molecule has 76 valence electrons. The Kier molecular flexibility index (Phi) is 3.31. The second-order valence-corrected chi connectivity index (χ2v) is 3.78. The van der Waals surface area contributed by atoms with Gasteiger partial charge in [-0.05, 0) is 37.6 Å². The average Bonchev–Trinajstić information content (AvgIpc) is 2.51. The van der Waals surface area contributed by atoms with Crippen molar-refractivity contribution < 1.29 is 4.79 Å². The Labute approximate surface area is 83.6 Å². The number of hydrogen-bond donors (Lipinski definition) is 0. The summed E-state index contributed by atoms with van der Waals surface area (Å²) in [5, 5.41) is 3.74. The van der Waals surface area contributed by atoms with Gasteiger partial charge < -0.3 is 0 Å². The molecule has 0 radical (unpaired) electrons. The minimum Gasteiger partial charge on any atom is -0.299 e. The Balaban J connectivity index is 3.00. The van der Waals surface area contributed by atoms with E-state index < -0.39 is 5.54 Å². The van der Waals surface area contributed by atoms with E-state index in [0.29, 0.717) is 6.42 Å². The lowest BCUT2D eigenvalue weighted by Crippen LogP contribution is -2.38. The zero-order chi connectivity index (χ0) is 10.6. The third-order valence-corrected chi connectivity index (χ3v) is 3.07. The number of ketones is 1. The molecule has 0 heterocycles. The summed E-state index contributed by atoms with van der Waals surface area (Å²) in [6.07, 6.45) is 5.13. The molecule has 0 aromatic carbocycles. The van der Waals surface area contributed by atoms with E-state index in [1.807, 2.05) is 0 Å². The van der Waals surface area contributed by atoms with Gasteiger partial charge in [0, 0.05) is 4.91 Å². The molecule has 0 aromatic rings. The van der Waals surface area contributed by atoms with Gasteiger partial charge in [0.05, 0.1) is 0 Å². The van der Waals surface area contributed by atoms with Crippen molar-refractivity contribution in [2.75, 3.05) is 0 Å². The third kappa shape index (κ3) is 1.66. The highest BCUT2D eigenvalue weighted by Crippen LogP contribution is 2.41. The van der Waals surface area contributed by atoms with Crippen molar-refractivity contribution in [1.29, 1.82) is 0 Å². The molecule has 0 aromatic heterocycles. The summed E-state index contributed by atoms with van der Waals surface area (Å²) in [7, 11) is 0. The van der Waals surface area contributed by atoms with Crippen LogP contribution in [0.2, 0.25) is 0 Å². The van der Waals surface area contributed by atoms with E-state index in [0.717, 1.165) is 19.3 Å². The second kappa shape index (κ2) is 4.29. The summed E-state index contributed by atoms with van der Waals surface area (Å²) >= 11 is 0. The van der Waals surface area contributed by atoms with Gasteiger partial charge in [0.15, 0.2) is 0 Å². The summed E-state index contributed by atoms with van der Waals surface area (Å²) < 4.78 is 0. The molecule has 1 saturated carbocycles. The Morgan fingerprint density at radius 3 is 3.07 bits per heavy atom. The van der Waals surface area contributed by atoms with E-state index in [2.05, 4.69) is 16.6 Å². The summed E-state index contributed by atoms with van der Waals surface area (Å²) in [6, 6.07) is 0. The SMILES string of the molecule is C=CC[C@H]1CCC[C@@]1(N=[N+]=[N-])C(C)=O. The smallest absolute Gasteiger partial charge is 0.142 e. The van der Waals surface area contributed by atoms with Crippen LogP contribution >= 0.6 is 0 Å². The Bertz CT molecular complexity index is 290. The number of azide groups is 1. The maximum absolute atomic E-state index is 11.5. The highest BCUT2D eigenvalue weighted by molar-refractivity contribution is 5.87. The number of Topliss-reactive ketones (excluding diaryl/α,β-unsaturated/α-hetero) is 1. The van der Waals surface area contributed by atoms with Crippen LogP contribution in [0.5, 0.6) is 0 Å². The number of allylic oxidation sites excluding steroid dienone is 1. The normalized spacial score (nSPS) is 30.8. The van der Waals surface area contributed by atoms with Gasteiger partial charge in [0.2, 0.25) is 0 Å². The molecular weight excluding hydrogens is 178 g/mol. The molecule has 0 bridgehead atoms. The Morgan fingerprint density at radius 2 is 2.57 bits per heavy atom. The van der Waals surface area contributed by atoms with Gasteiger partial charge in [-0.25, -0.2) is 0 Å². The molecule has 0 unspecified atom stereocenters. The number of nitrogens with zero attached hydrogens (tertiary/aromatic N) is 3. The Morgan fingerprint density at radius 1 is 1.86 bits per heavy atom. The van der Waals surface area contributed by atoms with Crippen molar-refractivity contribution in [3.05, 3.63) is 23.1 Å². The summed E-state index contributed by atoms with van der Waals surface area (Å²) in [5.41, 5.74) is 7.72. The first-order chi connectivity index (χ1) is 6.67. The zero-order valence-corrected chi connectivity index (χ0v) is 8.44. The second-order valence-electron chi connectivity index (χ2n) is 3.78. The van der Waals surface area contributed by atoms with Crippen LogP contribution in [0.25, 0.3) is 10.4 Å². The molecular formula is C10H15N3O. The first kappa shape index (κ1) is 10.8. The summed E-state index contributed by atoms with van der Waals surface area (Å²) in [4.78, 5) is 14.4. The van der Waals surface area contributed by atoms with Crippen molar-refractivity contribution in [1.82, 2.24) is 0 Å². The molecule has 4 nitrogen and oxygen atoms in total. The molecule has 0 amide bonds. The maximum atomic E-state index is 11.5. The van der Waals surface area contributed by atoms with Gasteiger partial charge in [-0.1, -0.05) is 17.6 Å². The monoisotopic (exact) mass is 193 g/mol. The lowest BCUT2D eigenvalue weighted by atomic mass is 9.82. The fourth-order valence-electron chi connectivity index (χ4n) is 2.32. The maximum Gasteiger partial charge on any atom is 0.142 e. The van der Waals surface area contributed by atoms with Gasteiger partial charge in [0.25, 0.3) is 0 Å². The van der Waals surface area contributed by atoms with Gasteiger partial charge in [-0.2, -0.15) is 0 Å².